The van der Waals surface area contributed by atoms with Gasteiger partial charge in [0.1, 0.15) is 5.75 Å². The molecule has 0 unspecified atom stereocenters. The number of carbonyl (C=O) groups is 2. The maximum absolute atomic E-state index is 12.3. The van der Waals surface area contributed by atoms with Gasteiger partial charge in [0.2, 0.25) is 0 Å². The first-order valence-corrected chi connectivity index (χ1v) is 8.74. The van der Waals surface area contributed by atoms with Crippen molar-refractivity contribution in [3.8, 4) is 5.75 Å². The van der Waals surface area contributed by atoms with Crippen molar-refractivity contribution in [1.29, 1.82) is 0 Å². The van der Waals surface area contributed by atoms with Crippen molar-refractivity contribution in [3.05, 3.63) is 59.2 Å². The van der Waals surface area contributed by atoms with Gasteiger partial charge >= 0.3 is 0 Å². The predicted molar refractivity (Wildman–Crippen MR) is 104 cm³/mol. The Morgan fingerprint density at radius 1 is 1.04 bits per heavy atom. The van der Waals surface area contributed by atoms with Gasteiger partial charge in [-0.2, -0.15) is 0 Å². The average Bonchev–Trinajstić information content (AvgIpc) is 2.61. The van der Waals surface area contributed by atoms with Gasteiger partial charge in [0.05, 0.1) is 11.3 Å². The molecule has 0 bridgehead atoms. The van der Waals surface area contributed by atoms with E-state index in [9.17, 15) is 9.59 Å². The van der Waals surface area contributed by atoms with Crippen LogP contribution in [0.25, 0.3) is 0 Å². The molecule has 2 amide bonds. The lowest BCUT2D eigenvalue weighted by Crippen LogP contribution is -2.29. The van der Waals surface area contributed by atoms with Crippen molar-refractivity contribution < 1.29 is 14.3 Å². The predicted octanol–water partition coefficient (Wildman–Crippen LogP) is 3.71. The number of carbonyl (C=O) groups excluding carboxylic acids is 2. The number of ether oxygens (including phenoxy) is 1. The highest BCUT2D eigenvalue weighted by Crippen LogP contribution is 2.21. The van der Waals surface area contributed by atoms with Crippen molar-refractivity contribution in [2.45, 2.75) is 27.7 Å². The molecule has 2 aromatic carbocycles. The second-order valence-electron chi connectivity index (χ2n) is 6.68. The molecule has 0 aliphatic rings. The van der Waals surface area contributed by atoms with E-state index >= 15 is 0 Å². The Morgan fingerprint density at radius 3 is 2.50 bits per heavy atom. The maximum atomic E-state index is 12.3. The zero-order chi connectivity index (χ0) is 19.1. The summed E-state index contributed by atoms with van der Waals surface area (Å²) in [6.45, 7) is 8.46. The molecule has 0 aliphatic heterocycles. The van der Waals surface area contributed by atoms with E-state index in [-0.39, 0.29) is 18.4 Å². The van der Waals surface area contributed by atoms with Crippen LogP contribution in [0.15, 0.2) is 42.5 Å². The van der Waals surface area contributed by atoms with Crippen molar-refractivity contribution in [3.63, 3.8) is 0 Å². The van der Waals surface area contributed by atoms with E-state index < -0.39 is 0 Å². The molecular weight excluding hydrogens is 328 g/mol. The Kier molecular flexibility index (Phi) is 6.78. The molecule has 2 rings (SSSR count). The summed E-state index contributed by atoms with van der Waals surface area (Å²) in [4.78, 5) is 24.6. The Bertz CT molecular complexity index is 785. The number of hydrogen-bond donors (Lipinski definition) is 2. The summed E-state index contributed by atoms with van der Waals surface area (Å²) in [5, 5.41) is 5.62. The van der Waals surface area contributed by atoms with Crippen LogP contribution in [0.2, 0.25) is 0 Å². The first-order valence-electron chi connectivity index (χ1n) is 8.74. The smallest absolute Gasteiger partial charge is 0.262 e. The zero-order valence-corrected chi connectivity index (χ0v) is 15.8. The molecule has 0 radical (unpaired) electrons. The highest BCUT2D eigenvalue weighted by Gasteiger charge is 2.14. The van der Waals surface area contributed by atoms with Crippen LogP contribution < -0.4 is 15.4 Å². The van der Waals surface area contributed by atoms with Gasteiger partial charge < -0.3 is 15.4 Å². The zero-order valence-electron chi connectivity index (χ0n) is 15.8. The first-order chi connectivity index (χ1) is 12.4. The second-order valence-corrected chi connectivity index (χ2v) is 6.68. The first kappa shape index (κ1) is 19.5. The fourth-order valence-electron chi connectivity index (χ4n) is 2.39. The van der Waals surface area contributed by atoms with Crippen LogP contribution in [0, 0.1) is 19.8 Å². The Labute approximate surface area is 154 Å². The second kappa shape index (κ2) is 9.04. The van der Waals surface area contributed by atoms with Gasteiger partial charge in [0.15, 0.2) is 6.61 Å². The number of aryl methyl sites for hydroxylation is 1. The maximum Gasteiger partial charge on any atom is 0.262 e. The van der Waals surface area contributed by atoms with E-state index in [1.807, 2.05) is 45.9 Å². The summed E-state index contributed by atoms with van der Waals surface area (Å²) in [5.41, 5.74) is 3.03. The van der Waals surface area contributed by atoms with E-state index in [4.69, 9.17) is 4.74 Å². The van der Waals surface area contributed by atoms with E-state index in [1.165, 1.54) is 0 Å². The lowest BCUT2D eigenvalue weighted by Gasteiger charge is -2.14. The highest BCUT2D eigenvalue weighted by atomic mass is 16.5. The minimum absolute atomic E-state index is 0.119. The van der Waals surface area contributed by atoms with Crippen LogP contribution in [-0.2, 0) is 4.79 Å². The van der Waals surface area contributed by atoms with E-state index in [0.29, 0.717) is 29.5 Å². The molecule has 0 atom stereocenters. The highest BCUT2D eigenvalue weighted by molar-refractivity contribution is 6.04. The fourth-order valence-corrected chi connectivity index (χ4v) is 2.39. The Balaban J connectivity index is 2.00. The lowest BCUT2D eigenvalue weighted by atomic mass is 10.1. The van der Waals surface area contributed by atoms with Crippen molar-refractivity contribution in [2.24, 2.45) is 5.92 Å². The molecule has 5 heteroatoms. The van der Waals surface area contributed by atoms with Crippen LogP contribution in [0.4, 0.5) is 5.69 Å². The third-order valence-corrected chi connectivity index (χ3v) is 4.03. The molecule has 138 valence electrons. The number of para-hydroxylation sites is 1. The summed E-state index contributed by atoms with van der Waals surface area (Å²) in [6.07, 6.45) is 0. The van der Waals surface area contributed by atoms with Gasteiger partial charge in [-0.15, -0.1) is 0 Å². The van der Waals surface area contributed by atoms with Crippen LogP contribution in [0.1, 0.15) is 35.3 Å². The molecule has 0 fully saturated rings. The van der Waals surface area contributed by atoms with Gasteiger partial charge in [0.25, 0.3) is 11.8 Å². The van der Waals surface area contributed by atoms with Crippen molar-refractivity contribution in [1.82, 2.24) is 5.32 Å². The molecule has 5 nitrogen and oxygen atoms in total. The molecule has 2 aromatic rings. The van der Waals surface area contributed by atoms with Gasteiger partial charge in [-0.25, -0.2) is 0 Å². The van der Waals surface area contributed by atoms with E-state index in [1.54, 1.807) is 24.3 Å². The average molecular weight is 354 g/mol. The molecule has 0 aliphatic carbocycles. The number of anilines is 1. The molecule has 0 saturated heterocycles. The minimum atomic E-state index is -0.310. The van der Waals surface area contributed by atoms with Crippen molar-refractivity contribution >= 4 is 17.5 Å². The Hall–Kier alpha value is -2.82. The van der Waals surface area contributed by atoms with Gasteiger partial charge in [-0.3, -0.25) is 9.59 Å². The topological polar surface area (TPSA) is 67.4 Å². The number of amides is 2. The third-order valence-electron chi connectivity index (χ3n) is 4.03. The molecule has 2 N–H and O–H groups in total. The summed E-state index contributed by atoms with van der Waals surface area (Å²) in [6, 6.07) is 12.7. The molecule has 0 heterocycles. The number of hydrogen-bond acceptors (Lipinski definition) is 3. The molecule has 0 aromatic heterocycles. The lowest BCUT2D eigenvalue weighted by molar-refractivity contribution is -0.118. The van der Waals surface area contributed by atoms with Gasteiger partial charge in [0, 0.05) is 6.54 Å². The number of rotatable bonds is 7. The van der Waals surface area contributed by atoms with E-state index in [2.05, 4.69) is 10.6 Å². The van der Waals surface area contributed by atoms with Crippen LogP contribution in [0.3, 0.4) is 0 Å². The monoisotopic (exact) mass is 354 g/mol. The van der Waals surface area contributed by atoms with Crippen LogP contribution >= 0.6 is 0 Å². The number of nitrogens with one attached hydrogen (secondary N) is 2. The summed E-state index contributed by atoms with van der Waals surface area (Å²) in [7, 11) is 0. The molecule has 0 spiro atoms. The summed E-state index contributed by atoms with van der Waals surface area (Å²) in [5.74, 6) is 0.523. The SMILES string of the molecule is Cc1cccc(OCC(=O)Nc2ccccc2C(=O)NCC(C)C)c1C. The molecule has 0 saturated carbocycles. The van der Waals surface area contributed by atoms with Gasteiger partial charge in [-0.1, -0.05) is 38.1 Å². The molecular formula is C21H26N2O3. The van der Waals surface area contributed by atoms with Gasteiger partial charge in [-0.05, 0) is 49.1 Å². The minimum Gasteiger partial charge on any atom is -0.483 e. The number of benzene rings is 2. The normalized spacial score (nSPS) is 10.5. The largest absolute Gasteiger partial charge is 0.483 e. The quantitative estimate of drug-likeness (QED) is 0.796. The van der Waals surface area contributed by atoms with Crippen LogP contribution in [0.5, 0.6) is 5.75 Å². The summed E-state index contributed by atoms with van der Waals surface area (Å²) >= 11 is 0. The van der Waals surface area contributed by atoms with Crippen LogP contribution in [-0.4, -0.2) is 25.0 Å². The standard InChI is InChI=1S/C21H26N2O3/c1-14(2)12-22-21(25)17-9-5-6-10-18(17)23-20(24)13-26-19-11-7-8-15(3)16(19)4/h5-11,14H,12-13H2,1-4H3,(H,22,25)(H,23,24). The molecule has 26 heavy (non-hydrogen) atoms. The van der Waals surface area contributed by atoms with Crippen molar-refractivity contribution in [2.75, 3.05) is 18.5 Å². The Morgan fingerprint density at radius 2 is 1.77 bits per heavy atom. The fraction of sp³-hybridized carbons (Fsp3) is 0.333. The van der Waals surface area contributed by atoms with E-state index in [0.717, 1.165) is 11.1 Å². The summed E-state index contributed by atoms with van der Waals surface area (Å²) < 4.78 is 5.62. The third kappa shape index (κ3) is 5.34.